The molecular weight excluding hydrogens is 375 g/mol. The van der Waals surface area contributed by atoms with Gasteiger partial charge in [0.15, 0.2) is 6.20 Å². The summed E-state index contributed by atoms with van der Waals surface area (Å²) >= 11 is 0. The highest BCUT2D eigenvalue weighted by Gasteiger charge is 2.14. The Morgan fingerprint density at radius 2 is 1.67 bits per heavy atom. The van der Waals surface area contributed by atoms with Crippen molar-refractivity contribution in [3.63, 3.8) is 0 Å². The second kappa shape index (κ2) is 13.0. The van der Waals surface area contributed by atoms with Gasteiger partial charge >= 0.3 is 5.91 Å². The van der Waals surface area contributed by atoms with Crippen LogP contribution in [0.25, 0.3) is 0 Å². The molecule has 1 rings (SSSR count). The van der Waals surface area contributed by atoms with Crippen LogP contribution >= 0.6 is 0 Å². The third-order valence-corrected chi connectivity index (χ3v) is 3.60. The number of pyridine rings is 1. The van der Waals surface area contributed by atoms with E-state index in [1.807, 2.05) is 36.0 Å². The maximum Gasteiger partial charge on any atom is 0.316 e. The highest BCUT2D eigenvalue weighted by Crippen LogP contribution is 2.07. The molecule has 0 aliphatic carbocycles. The number of aromatic nitrogens is 1. The molecule has 0 saturated carbocycles. The third-order valence-electron chi connectivity index (χ3n) is 3.60. The SMILES string of the molecule is CCCCCCCCCCNC(=O)c1cccc[n+]1C.[I-]. The summed E-state index contributed by atoms with van der Waals surface area (Å²) in [5, 5.41) is 2.99. The number of halogens is 1. The molecule has 0 aliphatic heterocycles. The smallest absolute Gasteiger partial charge is 0.316 e. The van der Waals surface area contributed by atoms with Gasteiger partial charge in [0, 0.05) is 18.7 Å². The van der Waals surface area contributed by atoms with E-state index in [9.17, 15) is 4.79 Å². The van der Waals surface area contributed by atoms with Crippen LogP contribution in [0, 0.1) is 0 Å². The molecule has 4 heteroatoms. The number of carbonyl (C=O) groups is 1. The van der Waals surface area contributed by atoms with Gasteiger partial charge in [0.25, 0.3) is 5.69 Å². The van der Waals surface area contributed by atoms with Crippen molar-refractivity contribution in [3.05, 3.63) is 30.1 Å². The summed E-state index contributed by atoms with van der Waals surface area (Å²) in [5.41, 5.74) is 0.715. The van der Waals surface area contributed by atoms with Crippen LogP contribution in [0.2, 0.25) is 0 Å². The molecule has 1 aromatic rings. The van der Waals surface area contributed by atoms with E-state index in [-0.39, 0.29) is 29.9 Å². The zero-order chi connectivity index (χ0) is 14.6. The first kappa shape index (κ1) is 20.3. The maximum absolute atomic E-state index is 11.9. The Kier molecular flexibility index (Phi) is 12.6. The number of rotatable bonds is 10. The van der Waals surface area contributed by atoms with Crippen molar-refractivity contribution in [2.75, 3.05) is 6.54 Å². The Morgan fingerprint density at radius 3 is 2.29 bits per heavy atom. The fourth-order valence-electron chi connectivity index (χ4n) is 2.31. The summed E-state index contributed by atoms with van der Waals surface area (Å²) in [7, 11) is 1.89. The average molecular weight is 404 g/mol. The van der Waals surface area contributed by atoms with E-state index in [1.54, 1.807) is 0 Å². The summed E-state index contributed by atoms with van der Waals surface area (Å²) < 4.78 is 1.85. The Hall–Kier alpha value is -0.650. The van der Waals surface area contributed by atoms with Gasteiger partial charge in [0.2, 0.25) is 0 Å². The molecule has 0 aliphatic rings. The van der Waals surface area contributed by atoms with E-state index in [2.05, 4.69) is 12.2 Å². The molecule has 1 aromatic heterocycles. The van der Waals surface area contributed by atoms with Gasteiger partial charge in [-0.1, -0.05) is 51.9 Å². The van der Waals surface area contributed by atoms with Gasteiger partial charge in [-0.2, -0.15) is 4.57 Å². The second-order valence-electron chi connectivity index (χ2n) is 5.43. The molecule has 1 amide bonds. The molecule has 3 nitrogen and oxygen atoms in total. The molecular formula is C17H29IN2O. The fourth-order valence-corrected chi connectivity index (χ4v) is 2.31. The molecule has 0 radical (unpaired) electrons. The first-order valence-corrected chi connectivity index (χ1v) is 7.98. The standard InChI is InChI=1S/C17H28N2O.HI/c1-3-4-5-6-7-8-9-11-14-18-17(20)16-13-10-12-15-19(16)2;/h10,12-13,15H,3-9,11,14H2,1-2H3;1H. The minimum Gasteiger partial charge on any atom is -1.00 e. The Labute approximate surface area is 146 Å². The topological polar surface area (TPSA) is 33.0 Å². The molecule has 0 atom stereocenters. The van der Waals surface area contributed by atoms with Crippen LogP contribution in [0.15, 0.2) is 24.4 Å². The predicted molar refractivity (Wildman–Crippen MR) is 82.6 cm³/mol. The average Bonchev–Trinajstić information content (AvgIpc) is 2.46. The molecule has 1 N–H and O–H groups in total. The molecule has 0 bridgehead atoms. The summed E-state index contributed by atoms with van der Waals surface area (Å²) in [5.74, 6) is 0.0241. The van der Waals surface area contributed by atoms with Crippen LogP contribution in [0.4, 0.5) is 0 Å². The van der Waals surface area contributed by atoms with Gasteiger partial charge in [0.05, 0.1) is 0 Å². The normalized spacial score (nSPS) is 10.0. The number of aryl methyl sites for hydroxylation is 1. The van der Waals surface area contributed by atoms with Gasteiger partial charge < -0.3 is 29.3 Å². The van der Waals surface area contributed by atoms with Crippen molar-refractivity contribution in [2.45, 2.75) is 58.3 Å². The van der Waals surface area contributed by atoms with Crippen LogP contribution in [0.1, 0.15) is 68.8 Å². The number of amides is 1. The van der Waals surface area contributed by atoms with Gasteiger partial charge in [0.1, 0.15) is 7.05 Å². The summed E-state index contributed by atoms with van der Waals surface area (Å²) in [4.78, 5) is 11.9. The Balaban J connectivity index is 0.00000400. The van der Waals surface area contributed by atoms with E-state index in [0.29, 0.717) is 5.69 Å². The van der Waals surface area contributed by atoms with Crippen molar-refractivity contribution in [1.82, 2.24) is 5.32 Å². The largest absolute Gasteiger partial charge is 1.00 e. The van der Waals surface area contributed by atoms with Crippen molar-refractivity contribution in [1.29, 1.82) is 0 Å². The third kappa shape index (κ3) is 9.06. The van der Waals surface area contributed by atoms with Crippen molar-refractivity contribution in [3.8, 4) is 0 Å². The number of nitrogens with one attached hydrogen (secondary N) is 1. The van der Waals surface area contributed by atoms with Gasteiger partial charge in [-0.25, -0.2) is 0 Å². The Bertz CT molecular complexity index is 396. The molecule has 0 unspecified atom stereocenters. The summed E-state index contributed by atoms with van der Waals surface area (Å²) in [6, 6.07) is 5.67. The zero-order valence-electron chi connectivity index (χ0n) is 13.4. The molecule has 0 aromatic carbocycles. The molecule has 1 heterocycles. The van der Waals surface area contributed by atoms with Gasteiger partial charge in [-0.3, -0.25) is 4.79 Å². The van der Waals surface area contributed by atoms with Crippen molar-refractivity contribution in [2.24, 2.45) is 7.05 Å². The highest BCUT2D eigenvalue weighted by molar-refractivity contribution is 5.90. The number of unbranched alkanes of at least 4 members (excludes halogenated alkanes) is 7. The van der Waals surface area contributed by atoms with Crippen molar-refractivity contribution >= 4 is 5.91 Å². The first-order valence-electron chi connectivity index (χ1n) is 7.98. The molecule has 0 fully saturated rings. The maximum atomic E-state index is 11.9. The summed E-state index contributed by atoms with van der Waals surface area (Å²) in [6.45, 7) is 3.03. The monoisotopic (exact) mass is 404 g/mol. The Morgan fingerprint density at radius 1 is 1.05 bits per heavy atom. The number of nitrogens with zero attached hydrogens (tertiary/aromatic N) is 1. The quantitative estimate of drug-likeness (QED) is 0.342. The van der Waals surface area contributed by atoms with E-state index in [4.69, 9.17) is 0 Å². The van der Waals surface area contributed by atoms with Crippen LogP contribution in [-0.4, -0.2) is 12.5 Å². The van der Waals surface area contributed by atoms with E-state index < -0.39 is 0 Å². The zero-order valence-corrected chi connectivity index (χ0v) is 15.6. The van der Waals surface area contributed by atoms with Crippen LogP contribution in [0.3, 0.4) is 0 Å². The minimum atomic E-state index is 0. The lowest BCUT2D eigenvalue weighted by Crippen LogP contribution is -3.00. The van der Waals surface area contributed by atoms with Crippen molar-refractivity contribution < 1.29 is 33.3 Å². The van der Waals surface area contributed by atoms with Crippen LogP contribution in [0.5, 0.6) is 0 Å². The highest BCUT2D eigenvalue weighted by atomic mass is 127. The lowest BCUT2D eigenvalue weighted by atomic mass is 10.1. The van der Waals surface area contributed by atoms with Gasteiger partial charge in [-0.05, 0) is 12.5 Å². The van der Waals surface area contributed by atoms with Crippen LogP contribution in [-0.2, 0) is 7.05 Å². The number of carbonyl (C=O) groups excluding carboxylic acids is 1. The van der Waals surface area contributed by atoms with Crippen LogP contribution < -0.4 is 33.9 Å². The van der Waals surface area contributed by atoms with Gasteiger partial charge in [-0.15, -0.1) is 0 Å². The molecule has 120 valence electrons. The van der Waals surface area contributed by atoms with E-state index >= 15 is 0 Å². The molecule has 0 spiro atoms. The lowest BCUT2D eigenvalue weighted by Gasteiger charge is -2.04. The molecule has 0 saturated heterocycles. The number of hydrogen-bond acceptors (Lipinski definition) is 1. The molecule has 21 heavy (non-hydrogen) atoms. The van der Waals surface area contributed by atoms with E-state index in [1.165, 1.54) is 44.9 Å². The first-order chi connectivity index (χ1) is 9.75. The predicted octanol–water partition coefficient (Wildman–Crippen LogP) is 0.386. The summed E-state index contributed by atoms with van der Waals surface area (Å²) in [6.07, 6.45) is 12.2. The number of hydrogen-bond donors (Lipinski definition) is 1. The van der Waals surface area contributed by atoms with E-state index in [0.717, 1.165) is 13.0 Å². The second-order valence-corrected chi connectivity index (χ2v) is 5.43. The lowest BCUT2D eigenvalue weighted by molar-refractivity contribution is -0.673. The fraction of sp³-hybridized carbons (Fsp3) is 0.647. The minimum absolute atomic E-state index is 0.